The number of hydrogen-bond donors (Lipinski definition) is 1. The molecule has 3 aromatic rings. The molecule has 5 heteroatoms. The number of nitrogens with one attached hydrogen (secondary N) is 1. The van der Waals surface area contributed by atoms with E-state index in [1.165, 1.54) is 4.90 Å². The Balaban J connectivity index is 2.01. The van der Waals surface area contributed by atoms with Gasteiger partial charge in [0.15, 0.2) is 0 Å². The molecule has 148 valence electrons. The van der Waals surface area contributed by atoms with Crippen LogP contribution in [0.1, 0.15) is 22.7 Å². The van der Waals surface area contributed by atoms with E-state index in [4.69, 9.17) is 4.74 Å². The summed E-state index contributed by atoms with van der Waals surface area (Å²) < 4.78 is 5.19. The maximum absolute atomic E-state index is 13.4. The minimum absolute atomic E-state index is 0.281. The van der Waals surface area contributed by atoms with Crippen molar-refractivity contribution in [2.75, 3.05) is 17.3 Å². The SMILES string of the molecule is COc1ccc(N(C=O)[C@H](C(=O)Nc2c(C)cccc2C)c2ccccc2)cc1. The Morgan fingerprint density at radius 1 is 0.931 bits per heavy atom. The lowest BCUT2D eigenvalue weighted by Crippen LogP contribution is -2.37. The third-order valence-electron chi connectivity index (χ3n) is 4.86. The molecule has 3 rings (SSSR count). The molecule has 0 saturated heterocycles. The van der Waals surface area contributed by atoms with Gasteiger partial charge in [0.1, 0.15) is 11.8 Å². The molecule has 2 amide bonds. The third kappa shape index (κ3) is 4.46. The van der Waals surface area contributed by atoms with Gasteiger partial charge in [-0.25, -0.2) is 0 Å². The van der Waals surface area contributed by atoms with Gasteiger partial charge in [0.25, 0.3) is 5.91 Å². The van der Waals surface area contributed by atoms with E-state index in [0.717, 1.165) is 22.4 Å². The van der Waals surface area contributed by atoms with Crippen molar-refractivity contribution in [2.45, 2.75) is 19.9 Å². The fraction of sp³-hybridized carbons (Fsp3) is 0.167. The highest BCUT2D eigenvalue weighted by Crippen LogP contribution is 2.30. The number of methoxy groups -OCH3 is 1. The highest BCUT2D eigenvalue weighted by atomic mass is 16.5. The van der Waals surface area contributed by atoms with E-state index in [2.05, 4.69) is 5.32 Å². The van der Waals surface area contributed by atoms with Crippen LogP contribution in [0, 0.1) is 13.8 Å². The zero-order chi connectivity index (χ0) is 20.8. The van der Waals surface area contributed by atoms with Gasteiger partial charge in [-0.2, -0.15) is 0 Å². The number of aryl methyl sites for hydroxylation is 2. The molecule has 0 radical (unpaired) electrons. The third-order valence-corrected chi connectivity index (χ3v) is 4.86. The molecule has 0 unspecified atom stereocenters. The monoisotopic (exact) mass is 388 g/mol. The minimum atomic E-state index is -0.818. The van der Waals surface area contributed by atoms with Gasteiger partial charge in [0.05, 0.1) is 7.11 Å². The van der Waals surface area contributed by atoms with E-state index in [9.17, 15) is 9.59 Å². The molecule has 29 heavy (non-hydrogen) atoms. The zero-order valence-electron chi connectivity index (χ0n) is 16.8. The Morgan fingerprint density at radius 2 is 1.55 bits per heavy atom. The molecule has 0 bridgehead atoms. The molecular formula is C24H24N2O3. The fourth-order valence-corrected chi connectivity index (χ4v) is 3.30. The number of carbonyl (C=O) groups is 2. The first kappa shape index (κ1) is 20.1. The Morgan fingerprint density at radius 3 is 2.10 bits per heavy atom. The number of nitrogens with zero attached hydrogens (tertiary/aromatic N) is 1. The van der Waals surface area contributed by atoms with Gasteiger partial charge < -0.3 is 10.1 Å². The Hall–Kier alpha value is -3.60. The maximum Gasteiger partial charge on any atom is 0.252 e. The number of hydrogen-bond acceptors (Lipinski definition) is 3. The normalized spacial score (nSPS) is 11.4. The molecule has 3 aromatic carbocycles. The van der Waals surface area contributed by atoms with Crippen LogP contribution in [0.4, 0.5) is 11.4 Å². The molecule has 5 nitrogen and oxygen atoms in total. The molecule has 0 aromatic heterocycles. The summed E-state index contributed by atoms with van der Waals surface area (Å²) in [5, 5.41) is 3.02. The molecule has 1 N–H and O–H groups in total. The summed E-state index contributed by atoms with van der Waals surface area (Å²) in [6.45, 7) is 3.89. The first-order valence-electron chi connectivity index (χ1n) is 9.35. The smallest absolute Gasteiger partial charge is 0.252 e. The molecule has 0 aliphatic carbocycles. The Kier molecular flexibility index (Phi) is 6.29. The lowest BCUT2D eigenvalue weighted by Gasteiger charge is -2.28. The number of carbonyl (C=O) groups excluding carboxylic acids is 2. The number of ether oxygens (including phenoxy) is 1. The van der Waals surface area contributed by atoms with Gasteiger partial charge in [0, 0.05) is 11.4 Å². The highest BCUT2D eigenvalue weighted by molar-refractivity contribution is 6.01. The van der Waals surface area contributed by atoms with Crippen LogP contribution in [-0.4, -0.2) is 19.4 Å². The topological polar surface area (TPSA) is 58.6 Å². The van der Waals surface area contributed by atoms with Crippen LogP contribution in [0.25, 0.3) is 0 Å². The molecule has 0 spiro atoms. The summed E-state index contributed by atoms with van der Waals surface area (Å²) in [5.41, 5.74) is 4.02. The van der Waals surface area contributed by atoms with Crippen LogP contribution in [0.15, 0.2) is 72.8 Å². The van der Waals surface area contributed by atoms with Crippen LogP contribution in [0.2, 0.25) is 0 Å². The minimum Gasteiger partial charge on any atom is -0.497 e. The first-order valence-corrected chi connectivity index (χ1v) is 9.35. The number of rotatable bonds is 7. The first-order chi connectivity index (χ1) is 14.0. The maximum atomic E-state index is 13.4. The van der Waals surface area contributed by atoms with Crippen molar-refractivity contribution in [2.24, 2.45) is 0 Å². The average Bonchev–Trinajstić information content (AvgIpc) is 2.75. The van der Waals surface area contributed by atoms with Crippen molar-refractivity contribution in [3.05, 3.63) is 89.5 Å². The molecule has 1 atom stereocenters. The number of benzene rings is 3. The summed E-state index contributed by atoms with van der Waals surface area (Å²) in [6, 6.07) is 21.3. The second kappa shape index (κ2) is 9.06. The summed E-state index contributed by atoms with van der Waals surface area (Å²) in [4.78, 5) is 26.9. The highest BCUT2D eigenvalue weighted by Gasteiger charge is 2.28. The number of para-hydroxylation sites is 1. The second-order valence-corrected chi connectivity index (χ2v) is 6.78. The average molecular weight is 388 g/mol. The van der Waals surface area contributed by atoms with Crippen LogP contribution < -0.4 is 15.0 Å². The van der Waals surface area contributed by atoms with Crippen molar-refractivity contribution >= 4 is 23.7 Å². The summed E-state index contributed by atoms with van der Waals surface area (Å²) >= 11 is 0. The summed E-state index contributed by atoms with van der Waals surface area (Å²) in [7, 11) is 1.58. The van der Waals surface area contributed by atoms with Gasteiger partial charge in [-0.05, 0) is 54.8 Å². The zero-order valence-corrected chi connectivity index (χ0v) is 16.8. The fourth-order valence-electron chi connectivity index (χ4n) is 3.30. The quantitative estimate of drug-likeness (QED) is 0.599. The summed E-state index contributed by atoms with van der Waals surface area (Å²) in [6.07, 6.45) is 0.684. The molecule has 0 fully saturated rings. The summed E-state index contributed by atoms with van der Waals surface area (Å²) in [5.74, 6) is 0.396. The van der Waals surface area contributed by atoms with Crippen molar-refractivity contribution in [3.63, 3.8) is 0 Å². The van der Waals surface area contributed by atoms with E-state index >= 15 is 0 Å². The predicted molar refractivity (Wildman–Crippen MR) is 115 cm³/mol. The van der Waals surface area contributed by atoms with Crippen LogP contribution in [0.3, 0.4) is 0 Å². The second-order valence-electron chi connectivity index (χ2n) is 6.78. The van der Waals surface area contributed by atoms with Crippen molar-refractivity contribution in [1.82, 2.24) is 0 Å². The number of amides is 2. The van der Waals surface area contributed by atoms with Crippen LogP contribution in [-0.2, 0) is 9.59 Å². The van der Waals surface area contributed by atoms with Crippen molar-refractivity contribution < 1.29 is 14.3 Å². The Bertz CT molecular complexity index is 965. The van der Waals surface area contributed by atoms with Gasteiger partial charge in [-0.3, -0.25) is 14.5 Å². The van der Waals surface area contributed by atoms with Gasteiger partial charge >= 0.3 is 0 Å². The lowest BCUT2D eigenvalue weighted by atomic mass is 10.0. The molecule has 0 aliphatic rings. The van der Waals surface area contributed by atoms with Crippen LogP contribution >= 0.6 is 0 Å². The predicted octanol–water partition coefficient (Wildman–Crippen LogP) is 4.65. The van der Waals surface area contributed by atoms with E-state index < -0.39 is 6.04 Å². The largest absolute Gasteiger partial charge is 0.497 e. The van der Waals surface area contributed by atoms with Gasteiger partial charge in [-0.15, -0.1) is 0 Å². The molecule has 0 heterocycles. The van der Waals surface area contributed by atoms with E-state index in [0.29, 0.717) is 17.8 Å². The van der Waals surface area contributed by atoms with Gasteiger partial charge in [-0.1, -0.05) is 48.5 Å². The molecule has 0 aliphatic heterocycles. The van der Waals surface area contributed by atoms with E-state index in [1.54, 1.807) is 31.4 Å². The van der Waals surface area contributed by atoms with E-state index in [1.807, 2.05) is 62.4 Å². The molecule has 0 saturated carbocycles. The lowest BCUT2D eigenvalue weighted by molar-refractivity contribution is -0.119. The number of anilines is 2. The van der Waals surface area contributed by atoms with E-state index in [-0.39, 0.29) is 5.91 Å². The van der Waals surface area contributed by atoms with Crippen molar-refractivity contribution in [3.8, 4) is 5.75 Å². The standard InChI is InChI=1S/C24H24N2O3/c1-17-8-7-9-18(2)22(17)25-24(28)23(19-10-5-4-6-11-19)26(16-27)20-12-14-21(29-3)15-13-20/h4-16,23H,1-3H3,(H,25,28)/t23-/m0/s1. The van der Waals surface area contributed by atoms with Gasteiger partial charge in [0.2, 0.25) is 6.41 Å². The van der Waals surface area contributed by atoms with Crippen molar-refractivity contribution in [1.29, 1.82) is 0 Å². The van der Waals surface area contributed by atoms with Crippen LogP contribution in [0.5, 0.6) is 5.75 Å². The molecular weight excluding hydrogens is 364 g/mol. The Labute approximate surface area is 170 Å².